The van der Waals surface area contributed by atoms with Gasteiger partial charge in [0.1, 0.15) is 0 Å². The number of hydrogen-bond acceptors (Lipinski definition) is 3. The zero-order valence-electron chi connectivity index (χ0n) is 6.94. The lowest BCUT2D eigenvalue weighted by Gasteiger charge is -2.06. The van der Waals surface area contributed by atoms with Crippen molar-refractivity contribution in [1.29, 1.82) is 0 Å². The van der Waals surface area contributed by atoms with E-state index in [1.165, 1.54) is 24.3 Å². The van der Waals surface area contributed by atoms with Crippen LogP contribution < -0.4 is 5.73 Å². The molecule has 1 aromatic rings. The quantitative estimate of drug-likeness (QED) is 0.571. The summed E-state index contributed by atoms with van der Waals surface area (Å²) in [6.45, 7) is 0. The highest BCUT2D eigenvalue weighted by Crippen LogP contribution is 2.15. The van der Waals surface area contributed by atoms with E-state index in [1.807, 2.05) is 0 Å². The molecule has 0 aliphatic carbocycles. The Bertz CT molecular complexity index is 385. The van der Waals surface area contributed by atoms with Crippen LogP contribution in [0.3, 0.4) is 0 Å². The molecule has 0 fully saturated rings. The first-order valence-corrected chi connectivity index (χ1v) is 4.89. The Hall–Kier alpha value is -1.14. The molecule has 0 aliphatic heterocycles. The summed E-state index contributed by atoms with van der Waals surface area (Å²) >= 11 is 0. The van der Waals surface area contributed by atoms with E-state index in [0.717, 1.165) is 7.05 Å². The van der Waals surface area contributed by atoms with Crippen LogP contribution in [0.25, 0.3) is 0 Å². The Morgan fingerprint density at radius 1 is 1.31 bits per heavy atom. The summed E-state index contributed by atoms with van der Waals surface area (Å²) in [5.74, 6) is 0. The highest BCUT2D eigenvalue weighted by Gasteiger charge is 2.19. The summed E-state index contributed by atoms with van der Waals surface area (Å²) in [6, 6.07) is 5.30. The maximum Gasteiger partial charge on any atom is 0.268 e. The summed E-state index contributed by atoms with van der Waals surface area (Å²) in [7, 11) is -3.16. The van der Waals surface area contributed by atoms with Gasteiger partial charge in [-0.15, -0.1) is 4.48 Å². The van der Waals surface area contributed by atoms with Crippen LogP contribution >= 0.6 is 0 Å². The van der Waals surface area contributed by atoms with Gasteiger partial charge in [0.05, 0.1) is 4.90 Å². The molecule has 0 saturated carbocycles. The van der Waals surface area contributed by atoms with Gasteiger partial charge in [0.2, 0.25) is 0 Å². The molecule has 0 aromatic heterocycles. The van der Waals surface area contributed by atoms with Crippen molar-refractivity contribution in [2.45, 2.75) is 4.90 Å². The number of nitrogens with zero attached hydrogens (tertiary/aromatic N) is 1. The van der Waals surface area contributed by atoms with E-state index < -0.39 is 10.0 Å². The van der Waals surface area contributed by atoms with E-state index in [0.29, 0.717) is 5.69 Å². The average molecular weight is 204 g/mol. The standard InChI is InChI=1S/C7H9FN2O2S/c1-10(8)13(11,12)7-4-2-6(9)3-5-7/h2-5H,9H2,1H3. The van der Waals surface area contributed by atoms with Gasteiger partial charge in [-0.2, -0.15) is 0 Å². The van der Waals surface area contributed by atoms with Crippen LogP contribution in [0.5, 0.6) is 0 Å². The third-order valence-electron chi connectivity index (χ3n) is 1.51. The van der Waals surface area contributed by atoms with E-state index in [-0.39, 0.29) is 9.42 Å². The van der Waals surface area contributed by atoms with Crippen molar-refractivity contribution >= 4 is 15.7 Å². The second-order valence-electron chi connectivity index (χ2n) is 2.46. The third-order valence-corrected chi connectivity index (χ3v) is 3.04. The molecule has 1 aromatic carbocycles. The molecule has 0 spiro atoms. The first-order valence-electron chi connectivity index (χ1n) is 3.45. The van der Waals surface area contributed by atoms with Gasteiger partial charge < -0.3 is 5.73 Å². The maximum atomic E-state index is 12.5. The maximum absolute atomic E-state index is 12.5. The molecule has 0 saturated heterocycles. The van der Waals surface area contributed by atoms with Gasteiger partial charge in [-0.05, 0) is 28.8 Å². The molecule has 0 bridgehead atoms. The van der Waals surface area contributed by atoms with Gasteiger partial charge >= 0.3 is 0 Å². The van der Waals surface area contributed by atoms with E-state index in [9.17, 15) is 12.9 Å². The molecule has 0 unspecified atom stereocenters. The van der Waals surface area contributed by atoms with Gasteiger partial charge in [0, 0.05) is 12.7 Å². The van der Waals surface area contributed by atoms with Crippen molar-refractivity contribution in [1.82, 2.24) is 4.53 Å². The second kappa shape index (κ2) is 3.31. The molecule has 0 aliphatic rings. The van der Waals surface area contributed by atoms with Crippen molar-refractivity contribution in [3.8, 4) is 0 Å². The zero-order chi connectivity index (χ0) is 10.1. The molecule has 0 heterocycles. The number of nitrogens with two attached hydrogens (primary N) is 1. The normalized spacial score (nSPS) is 11.9. The smallest absolute Gasteiger partial charge is 0.268 e. The fraction of sp³-hybridized carbons (Fsp3) is 0.143. The van der Waals surface area contributed by atoms with E-state index >= 15 is 0 Å². The SMILES string of the molecule is CN(F)S(=O)(=O)c1ccc(N)cc1. The van der Waals surface area contributed by atoms with Crippen LogP contribution in [0.1, 0.15) is 0 Å². The van der Waals surface area contributed by atoms with Gasteiger partial charge in [-0.25, -0.2) is 8.42 Å². The first-order chi connectivity index (χ1) is 5.94. The number of halogens is 1. The van der Waals surface area contributed by atoms with E-state index in [4.69, 9.17) is 5.73 Å². The molecular formula is C7H9FN2O2S. The first kappa shape index (κ1) is 9.94. The Labute approximate surface area is 75.8 Å². The van der Waals surface area contributed by atoms with Crippen molar-refractivity contribution in [2.24, 2.45) is 0 Å². The lowest BCUT2D eigenvalue weighted by molar-refractivity contribution is 0.178. The molecule has 0 amide bonds. The fourth-order valence-corrected chi connectivity index (χ4v) is 1.56. The fourth-order valence-electron chi connectivity index (χ4n) is 0.785. The molecule has 4 nitrogen and oxygen atoms in total. The van der Waals surface area contributed by atoms with Gasteiger partial charge in [-0.1, -0.05) is 0 Å². The summed E-state index contributed by atoms with van der Waals surface area (Å²) < 4.78 is 34.5. The molecule has 13 heavy (non-hydrogen) atoms. The van der Waals surface area contributed by atoms with Crippen LogP contribution in [0.4, 0.5) is 10.2 Å². The van der Waals surface area contributed by atoms with Crippen LogP contribution in [0, 0.1) is 0 Å². The number of sulfonamides is 1. The number of benzene rings is 1. The van der Waals surface area contributed by atoms with Crippen molar-refractivity contribution in [2.75, 3.05) is 12.8 Å². The van der Waals surface area contributed by atoms with E-state index in [2.05, 4.69) is 0 Å². The Morgan fingerprint density at radius 2 is 1.77 bits per heavy atom. The van der Waals surface area contributed by atoms with Crippen molar-refractivity contribution in [3.63, 3.8) is 0 Å². The van der Waals surface area contributed by atoms with Crippen LogP contribution in [0.15, 0.2) is 29.2 Å². The molecule has 6 heteroatoms. The molecule has 0 radical (unpaired) electrons. The summed E-state index contributed by atoms with van der Waals surface area (Å²) in [6.07, 6.45) is 0. The van der Waals surface area contributed by atoms with E-state index in [1.54, 1.807) is 0 Å². The number of nitrogen functional groups attached to an aromatic ring is 1. The summed E-state index contributed by atoms with van der Waals surface area (Å²) in [5, 5.41) is 0. The number of hydrogen-bond donors (Lipinski definition) is 1. The zero-order valence-corrected chi connectivity index (χ0v) is 7.75. The lowest BCUT2D eigenvalue weighted by atomic mass is 10.3. The Morgan fingerprint density at radius 3 is 2.15 bits per heavy atom. The van der Waals surface area contributed by atoms with Gasteiger partial charge in [-0.3, -0.25) is 0 Å². The van der Waals surface area contributed by atoms with Crippen LogP contribution in [-0.2, 0) is 10.0 Å². The van der Waals surface area contributed by atoms with Gasteiger partial charge in [0.15, 0.2) is 0 Å². The number of anilines is 1. The highest BCUT2D eigenvalue weighted by molar-refractivity contribution is 7.89. The third kappa shape index (κ3) is 1.96. The van der Waals surface area contributed by atoms with Crippen molar-refractivity contribution < 1.29 is 12.9 Å². The minimum Gasteiger partial charge on any atom is -0.399 e. The average Bonchev–Trinajstić information content (AvgIpc) is 2.04. The summed E-state index contributed by atoms with van der Waals surface area (Å²) in [5.41, 5.74) is 5.77. The van der Waals surface area contributed by atoms with Crippen molar-refractivity contribution in [3.05, 3.63) is 24.3 Å². The van der Waals surface area contributed by atoms with Crippen LogP contribution in [-0.4, -0.2) is 20.0 Å². The topological polar surface area (TPSA) is 63.4 Å². The molecule has 1 rings (SSSR count). The molecule has 0 atom stereocenters. The molecule has 2 N–H and O–H groups in total. The highest BCUT2D eigenvalue weighted by atomic mass is 32.2. The van der Waals surface area contributed by atoms with Gasteiger partial charge in [0.25, 0.3) is 10.0 Å². The monoisotopic (exact) mass is 204 g/mol. The predicted octanol–water partition coefficient (Wildman–Crippen LogP) is 0.774. The Balaban J connectivity index is 3.17. The second-order valence-corrected chi connectivity index (χ2v) is 4.39. The minimum atomic E-state index is -3.98. The molecule has 72 valence electrons. The Kier molecular flexibility index (Phi) is 2.53. The lowest BCUT2D eigenvalue weighted by Crippen LogP contribution is -2.18. The summed E-state index contributed by atoms with van der Waals surface area (Å²) in [4.78, 5) is -0.119. The predicted molar refractivity (Wildman–Crippen MR) is 46.9 cm³/mol. The van der Waals surface area contributed by atoms with Crippen LogP contribution in [0.2, 0.25) is 0 Å². The molecular weight excluding hydrogens is 195 g/mol. The minimum absolute atomic E-state index is 0.119. The largest absolute Gasteiger partial charge is 0.399 e. The number of rotatable bonds is 2.